The Morgan fingerprint density at radius 1 is 1.12 bits per heavy atom. The number of imide groups is 1. The van der Waals surface area contributed by atoms with E-state index in [0.717, 1.165) is 31.4 Å². The Bertz CT molecular complexity index is 980. The normalized spacial score (nSPS) is 28.6. The predicted octanol–water partition coefficient (Wildman–Crippen LogP) is 1.76. The maximum Gasteiger partial charge on any atom is 0.325 e. The molecule has 1 aromatic carbocycles. The highest BCUT2D eigenvalue weighted by Gasteiger charge is 2.45. The number of benzene rings is 1. The molecule has 0 spiro atoms. The summed E-state index contributed by atoms with van der Waals surface area (Å²) < 4.78 is 5.14. The van der Waals surface area contributed by atoms with Crippen LogP contribution in [0.15, 0.2) is 24.3 Å². The first-order chi connectivity index (χ1) is 16.4. The van der Waals surface area contributed by atoms with Crippen molar-refractivity contribution >= 4 is 23.8 Å². The molecule has 0 aliphatic carbocycles. The van der Waals surface area contributed by atoms with E-state index in [1.165, 1.54) is 4.90 Å². The summed E-state index contributed by atoms with van der Waals surface area (Å²) >= 11 is 0. The first kappa shape index (κ1) is 22.7. The van der Waals surface area contributed by atoms with E-state index in [1.807, 2.05) is 17.0 Å². The molecular formula is C25H32N4O5. The summed E-state index contributed by atoms with van der Waals surface area (Å²) in [6, 6.07) is 6.39. The van der Waals surface area contributed by atoms with Gasteiger partial charge in [-0.3, -0.25) is 19.3 Å². The van der Waals surface area contributed by atoms with Crippen molar-refractivity contribution in [3.05, 3.63) is 29.8 Å². The molecule has 4 aliphatic rings. The van der Waals surface area contributed by atoms with Crippen molar-refractivity contribution in [3.63, 3.8) is 0 Å². The summed E-state index contributed by atoms with van der Waals surface area (Å²) in [6.07, 6.45) is 4.20. The summed E-state index contributed by atoms with van der Waals surface area (Å²) in [5.41, 5.74) is 0.830. The zero-order valence-electron chi connectivity index (χ0n) is 19.6. The zero-order valence-corrected chi connectivity index (χ0v) is 19.6. The summed E-state index contributed by atoms with van der Waals surface area (Å²) in [5.74, 6) is 1.38. The topological polar surface area (TPSA) is 99.3 Å². The molecule has 5 rings (SSSR count). The van der Waals surface area contributed by atoms with Crippen molar-refractivity contribution < 1.29 is 23.9 Å². The lowest BCUT2D eigenvalue weighted by Gasteiger charge is -2.52. The molecule has 4 atom stereocenters. The average molecular weight is 469 g/mol. The third-order valence-corrected chi connectivity index (χ3v) is 7.79. The molecule has 0 aromatic heterocycles. The lowest BCUT2D eigenvalue weighted by Crippen LogP contribution is -2.61. The maximum absolute atomic E-state index is 13.0. The number of carbonyl (C=O) groups is 4. The molecular weight excluding hydrogens is 436 g/mol. The maximum atomic E-state index is 13.0. The van der Waals surface area contributed by atoms with Gasteiger partial charge in [-0.1, -0.05) is 12.1 Å². The van der Waals surface area contributed by atoms with Gasteiger partial charge in [-0.25, -0.2) is 4.79 Å². The standard InChI is InChI=1S/C25H32N4O5/c1-34-19-7-5-16(6-8-19)13-29-24(32)20(26-25(29)33)9-10-22(30)27-12-17-11-18(15-27)21-3-2-4-23(31)28(21)14-17/h5-8,17-18,20-21H,2-4,9-15H2,1H3,(H,26,33)/t17?,18?,20-,21?/m0/s1. The number of hydrogen-bond donors (Lipinski definition) is 1. The molecule has 4 fully saturated rings. The van der Waals surface area contributed by atoms with Gasteiger partial charge in [0, 0.05) is 38.5 Å². The number of carbonyl (C=O) groups excluding carboxylic acids is 4. The fourth-order valence-electron chi connectivity index (χ4n) is 6.08. The highest BCUT2D eigenvalue weighted by molar-refractivity contribution is 6.04. The Labute approximate surface area is 199 Å². The molecule has 5 amide bonds. The molecule has 4 aliphatic heterocycles. The number of amides is 5. The molecule has 4 saturated heterocycles. The van der Waals surface area contributed by atoms with E-state index in [1.54, 1.807) is 19.2 Å². The van der Waals surface area contributed by atoms with Crippen LogP contribution in [-0.4, -0.2) is 77.3 Å². The molecule has 34 heavy (non-hydrogen) atoms. The molecule has 2 bridgehead atoms. The zero-order chi connectivity index (χ0) is 23.8. The summed E-state index contributed by atoms with van der Waals surface area (Å²) in [6.45, 7) is 2.28. The number of likely N-dealkylation sites (tertiary alicyclic amines) is 1. The Kier molecular flexibility index (Phi) is 6.18. The third kappa shape index (κ3) is 4.35. The van der Waals surface area contributed by atoms with E-state index in [9.17, 15) is 19.2 Å². The second-order valence-corrected chi connectivity index (χ2v) is 9.98. The molecule has 0 radical (unpaired) electrons. The predicted molar refractivity (Wildman–Crippen MR) is 123 cm³/mol. The van der Waals surface area contributed by atoms with E-state index in [2.05, 4.69) is 10.2 Å². The molecule has 0 saturated carbocycles. The van der Waals surface area contributed by atoms with E-state index in [0.29, 0.717) is 43.5 Å². The Balaban J connectivity index is 1.14. The Hall–Kier alpha value is -3.10. The largest absolute Gasteiger partial charge is 0.497 e. The van der Waals surface area contributed by atoms with Gasteiger partial charge < -0.3 is 19.9 Å². The van der Waals surface area contributed by atoms with Crippen LogP contribution in [0.2, 0.25) is 0 Å². The summed E-state index contributed by atoms with van der Waals surface area (Å²) in [5, 5.41) is 2.73. The molecule has 4 heterocycles. The molecule has 1 aromatic rings. The van der Waals surface area contributed by atoms with Crippen LogP contribution in [0.3, 0.4) is 0 Å². The minimum atomic E-state index is -0.676. The lowest BCUT2D eigenvalue weighted by atomic mass is 9.76. The minimum Gasteiger partial charge on any atom is -0.497 e. The molecule has 9 heteroatoms. The van der Waals surface area contributed by atoms with Gasteiger partial charge in [0.05, 0.1) is 13.7 Å². The van der Waals surface area contributed by atoms with E-state index in [4.69, 9.17) is 4.74 Å². The van der Waals surface area contributed by atoms with Crippen LogP contribution in [0, 0.1) is 11.8 Å². The molecule has 3 unspecified atom stereocenters. The van der Waals surface area contributed by atoms with Crippen LogP contribution in [0.25, 0.3) is 0 Å². The van der Waals surface area contributed by atoms with Crippen molar-refractivity contribution in [2.75, 3.05) is 26.7 Å². The Morgan fingerprint density at radius 2 is 1.91 bits per heavy atom. The van der Waals surface area contributed by atoms with Crippen LogP contribution < -0.4 is 10.1 Å². The van der Waals surface area contributed by atoms with Crippen molar-refractivity contribution in [2.45, 2.75) is 57.2 Å². The second-order valence-electron chi connectivity index (χ2n) is 9.98. The average Bonchev–Trinajstić information content (AvgIpc) is 3.11. The SMILES string of the molecule is COc1ccc(CN2C(=O)N[C@@H](CCC(=O)N3CC4CC(C3)C3CCCC(=O)N3C4)C2=O)cc1. The van der Waals surface area contributed by atoms with Gasteiger partial charge in [-0.2, -0.15) is 0 Å². The second kappa shape index (κ2) is 9.27. The third-order valence-electron chi connectivity index (χ3n) is 7.79. The first-order valence-corrected chi connectivity index (χ1v) is 12.2. The number of rotatable bonds is 6. The van der Waals surface area contributed by atoms with Crippen molar-refractivity contribution in [2.24, 2.45) is 11.8 Å². The highest BCUT2D eigenvalue weighted by atomic mass is 16.5. The number of fused-ring (bicyclic) bond motifs is 4. The number of methoxy groups -OCH3 is 1. The fraction of sp³-hybridized carbons (Fsp3) is 0.600. The van der Waals surface area contributed by atoms with Gasteiger partial charge in [0.15, 0.2) is 0 Å². The number of hydrogen-bond acceptors (Lipinski definition) is 5. The van der Waals surface area contributed by atoms with Crippen molar-refractivity contribution in [1.29, 1.82) is 0 Å². The van der Waals surface area contributed by atoms with Crippen LogP contribution in [0.5, 0.6) is 5.75 Å². The van der Waals surface area contributed by atoms with Crippen LogP contribution in [-0.2, 0) is 20.9 Å². The number of nitrogens with one attached hydrogen (secondary N) is 1. The molecule has 1 N–H and O–H groups in total. The van der Waals surface area contributed by atoms with Crippen molar-refractivity contribution in [1.82, 2.24) is 20.0 Å². The summed E-state index contributed by atoms with van der Waals surface area (Å²) in [7, 11) is 1.58. The quantitative estimate of drug-likeness (QED) is 0.642. The lowest BCUT2D eigenvalue weighted by molar-refractivity contribution is -0.148. The van der Waals surface area contributed by atoms with E-state index in [-0.39, 0.29) is 36.7 Å². The summed E-state index contributed by atoms with van der Waals surface area (Å²) in [4.78, 5) is 55.8. The Morgan fingerprint density at radius 3 is 2.68 bits per heavy atom. The smallest absolute Gasteiger partial charge is 0.325 e. The van der Waals surface area contributed by atoms with Crippen LogP contribution in [0.1, 0.15) is 44.1 Å². The van der Waals surface area contributed by atoms with E-state index < -0.39 is 12.1 Å². The van der Waals surface area contributed by atoms with Gasteiger partial charge in [-0.15, -0.1) is 0 Å². The number of piperidine rings is 3. The first-order valence-electron chi connectivity index (χ1n) is 12.2. The van der Waals surface area contributed by atoms with Gasteiger partial charge in [0.25, 0.3) is 5.91 Å². The molecule has 9 nitrogen and oxygen atoms in total. The monoisotopic (exact) mass is 468 g/mol. The fourth-order valence-corrected chi connectivity index (χ4v) is 6.08. The van der Waals surface area contributed by atoms with Crippen LogP contribution in [0.4, 0.5) is 4.79 Å². The van der Waals surface area contributed by atoms with Crippen molar-refractivity contribution in [3.8, 4) is 5.75 Å². The number of ether oxygens (including phenoxy) is 1. The van der Waals surface area contributed by atoms with Gasteiger partial charge in [0.2, 0.25) is 11.8 Å². The molecule has 182 valence electrons. The number of urea groups is 1. The van der Waals surface area contributed by atoms with Crippen LogP contribution >= 0.6 is 0 Å². The minimum absolute atomic E-state index is 0.0286. The van der Waals surface area contributed by atoms with E-state index >= 15 is 0 Å². The number of nitrogens with zero attached hydrogens (tertiary/aromatic N) is 3. The van der Waals surface area contributed by atoms with Gasteiger partial charge in [-0.05, 0) is 55.2 Å². The highest BCUT2D eigenvalue weighted by Crippen LogP contribution is 2.38. The van der Waals surface area contributed by atoms with Gasteiger partial charge in [0.1, 0.15) is 11.8 Å². The van der Waals surface area contributed by atoms with Gasteiger partial charge >= 0.3 is 6.03 Å².